The zero-order valence-electron chi connectivity index (χ0n) is 5.96. The first kappa shape index (κ1) is 10.1. The Bertz CT molecular complexity index is 436. The smallest absolute Gasteiger partial charge is 0.167 e. The number of halogens is 4. The summed E-state index contributed by atoms with van der Waals surface area (Å²) in [5, 5.41) is 9.70. The van der Waals surface area contributed by atoms with Gasteiger partial charge >= 0.3 is 0 Å². The average Bonchev–Trinajstić information content (AvgIpc) is 2.59. The van der Waals surface area contributed by atoms with Gasteiger partial charge in [0.15, 0.2) is 0 Å². The maximum absolute atomic E-state index is 4.07. The number of benzene rings is 1. The molecular formula is C6H2Br4N3+. The van der Waals surface area contributed by atoms with E-state index in [2.05, 4.69) is 79.1 Å². The van der Waals surface area contributed by atoms with Crippen LogP contribution < -0.4 is 5.10 Å². The molecule has 2 rings (SSSR count). The van der Waals surface area contributed by atoms with Gasteiger partial charge in [0.1, 0.15) is 0 Å². The van der Waals surface area contributed by atoms with Crippen molar-refractivity contribution in [1.29, 1.82) is 0 Å². The van der Waals surface area contributed by atoms with Crippen LogP contribution in [-0.4, -0.2) is 10.3 Å². The highest BCUT2D eigenvalue weighted by Gasteiger charge is 2.20. The van der Waals surface area contributed by atoms with E-state index in [1.807, 2.05) is 0 Å². The molecule has 2 aromatic rings. The van der Waals surface area contributed by atoms with Gasteiger partial charge in [-0.2, -0.15) is 5.10 Å². The lowest BCUT2D eigenvalue weighted by Gasteiger charge is -1.99. The second-order valence-corrected chi connectivity index (χ2v) is 5.50. The Balaban J connectivity index is 3.02. The number of aromatic nitrogens is 3. The van der Waals surface area contributed by atoms with Crippen LogP contribution in [0.4, 0.5) is 0 Å². The van der Waals surface area contributed by atoms with Gasteiger partial charge in [-0.15, -0.1) is 0 Å². The molecule has 0 atom stereocenters. The number of H-pyrrole nitrogens is 2. The summed E-state index contributed by atoms with van der Waals surface area (Å²) in [5.41, 5.74) is 1.77. The number of hydrogen-bond donors (Lipinski definition) is 1. The first-order valence-electron chi connectivity index (χ1n) is 3.20. The second kappa shape index (κ2) is 3.60. The molecule has 1 aromatic heterocycles. The minimum Gasteiger partial charge on any atom is -0.167 e. The van der Waals surface area contributed by atoms with Crippen LogP contribution in [0.15, 0.2) is 17.9 Å². The van der Waals surface area contributed by atoms with Crippen LogP contribution in [0.25, 0.3) is 11.0 Å². The van der Waals surface area contributed by atoms with Crippen molar-refractivity contribution in [3.8, 4) is 0 Å². The average molecular weight is 436 g/mol. The number of hydrogen-bond acceptors (Lipinski definition) is 1. The largest absolute Gasteiger partial charge is 0.265 e. The zero-order valence-corrected chi connectivity index (χ0v) is 12.3. The number of fused-ring (bicyclic) bond motifs is 1. The molecule has 1 heterocycles. The van der Waals surface area contributed by atoms with Crippen LogP contribution in [0, 0.1) is 0 Å². The molecule has 0 bridgehead atoms. The monoisotopic (exact) mass is 432 g/mol. The first-order valence-corrected chi connectivity index (χ1v) is 6.38. The van der Waals surface area contributed by atoms with Gasteiger partial charge in [-0.05, 0) is 63.7 Å². The molecule has 0 saturated carbocycles. The summed E-state index contributed by atoms with van der Waals surface area (Å²) in [6.07, 6.45) is 0. The Kier molecular flexibility index (Phi) is 2.79. The van der Waals surface area contributed by atoms with Crippen molar-refractivity contribution in [1.82, 2.24) is 10.3 Å². The van der Waals surface area contributed by atoms with Crippen LogP contribution in [0.3, 0.4) is 0 Å². The quantitative estimate of drug-likeness (QED) is 0.500. The van der Waals surface area contributed by atoms with E-state index in [0.717, 1.165) is 28.9 Å². The molecule has 0 fully saturated rings. The van der Waals surface area contributed by atoms with Crippen molar-refractivity contribution in [3.63, 3.8) is 0 Å². The van der Waals surface area contributed by atoms with Crippen LogP contribution in [0.1, 0.15) is 0 Å². The van der Waals surface area contributed by atoms with Crippen LogP contribution in [-0.2, 0) is 0 Å². The van der Waals surface area contributed by atoms with Crippen molar-refractivity contribution in [2.24, 2.45) is 0 Å². The zero-order chi connectivity index (χ0) is 9.59. The van der Waals surface area contributed by atoms with Gasteiger partial charge in [0.25, 0.3) is 5.52 Å². The predicted octanol–water partition coefficient (Wildman–Crippen LogP) is 3.43. The third-order valence-corrected chi connectivity index (χ3v) is 6.34. The van der Waals surface area contributed by atoms with E-state index >= 15 is 0 Å². The lowest BCUT2D eigenvalue weighted by molar-refractivity contribution is -0.427. The van der Waals surface area contributed by atoms with Gasteiger partial charge in [-0.25, -0.2) is 0 Å². The molecule has 0 unspecified atom stereocenters. The standard InChI is InChI=1S/C6HBr4N3/c7-1-2(8)4(10)6-5(3(1)9)11-13-12-6/h(H,11,12,13)/p+1. The molecule has 0 aliphatic carbocycles. The van der Waals surface area contributed by atoms with E-state index in [-0.39, 0.29) is 0 Å². The normalized spacial score (nSPS) is 11.1. The Morgan fingerprint density at radius 2 is 1.54 bits per heavy atom. The van der Waals surface area contributed by atoms with Crippen LogP contribution in [0.5, 0.6) is 0 Å². The van der Waals surface area contributed by atoms with Crippen LogP contribution >= 0.6 is 63.7 Å². The van der Waals surface area contributed by atoms with Crippen LogP contribution in [0.2, 0.25) is 0 Å². The van der Waals surface area contributed by atoms with E-state index in [4.69, 9.17) is 0 Å². The SMILES string of the molecule is Brc1c(Br)c(Br)c2[nH+][nH]nc2c1Br. The summed E-state index contributed by atoms with van der Waals surface area (Å²) >= 11 is 13.8. The lowest BCUT2D eigenvalue weighted by atomic mass is 10.3. The Labute approximate surface area is 107 Å². The fourth-order valence-electron chi connectivity index (χ4n) is 0.979. The van der Waals surface area contributed by atoms with Gasteiger partial charge in [0, 0.05) is 5.10 Å². The highest BCUT2D eigenvalue weighted by molar-refractivity contribution is 9.15. The number of aromatic amines is 2. The molecular weight excluding hydrogens is 434 g/mol. The Morgan fingerprint density at radius 3 is 2.23 bits per heavy atom. The molecule has 13 heavy (non-hydrogen) atoms. The number of nitrogens with zero attached hydrogens (tertiary/aromatic N) is 1. The molecule has 0 radical (unpaired) electrons. The predicted molar refractivity (Wildman–Crippen MR) is 63.4 cm³/mol. The highest BCUT2D eigenvalue weighted by atomic mass is 79.9. The fraction of sp³-hybridized carbons (Fsp3) is 0. The molecule has 1 aromatic carbocycles. The summed E-state index contributed by atoms with van der Waals surface area (Å²) in [4.78, 5) is 0. The Hall–Kier alpha value is 0.540. The van der Waals surface area contributed by atoms with Crippen molar-refractivity contribution >= 4 is 74.8 Å². The van der Waals surface area contributed by atoms with Gasteiger partial charge in [-0.1, -0.05) is 5.21 Å². The van der Waals surface area contributed by atoms with E-state index < -0.39 is 0 Å². The molecule has 0 aliphatic rings. The summed E-state index contributed by atoms with van der Waals surface area (Å²) in [7, 11) is 0. The van der Waals surface area contributed by atoms with E-state index in [1.54, 1.807) is 0 Å². The van der Waals surface area contributed by atoms with Crippen molar-refractivity contribution in [3.05, 3.63) is 17.9 Å². The summed E-state index contributed by atoms with van der Waals surface area (Å²) < 4.78 is 3.73. The highest BCUT2D eigenvalue weighted by Crippen LogP contribution is 2.40. The third kappa shape index (κ3) is 1.49. The van der Waals surface area contributed by atoms with Crippen molar-refractivity contribution in [2.45, 2.75) is 0 Å². The molecule has 2 N–H and O–H groups in total. The fourth-order valence-corrected chi connectivity index (χ4v) is 3.26. The van der Waals surface area contributed by atoms with Gasteiger partial charge in [-0.3, -0.25) is 0 Å². The van der Waals surface area contributed by atoms with E-state index in [1.165, 1.54) is 0 Å². The van der Waals surface area contributed by atoms with E-state index in [9.17, 15) is 0 Å². The minimum atomic E-state index is 0.849. The molecule has 7 heteroatoms. The Morgan fingerprint density at radius 1 is 0.923 bits per heavy atom. The molecule has 0 aliphatic heterocycles. The summed E-state index contributed by atoms with van der Waals surface area (Å²) in [6, 6.07) is 0. The summed E-state index contributed by atoms with van der Waals surface area (Å²) in [5.74, 6) is 0. The van der Waals surface area contributed by atoms with Gasteiger partial charge < -0.3 is 0 Å². The molecule has 3 nitrogen and oxygen atoms in total. The van der Waals surface area contributed by atoms with Crippen molar-refractivity contribution in [2.75, 3.05) is 0 Å². The molecule has 0 saturated heterocycles. The molecule has 0 amide bonds. The van der Waals surface area contributed by atoms with Crippen molar-refractivity contribution < 1.29 is 5.10 Å². The number of rotatable bonds is 0. The maximum Gasteiger partial charge on any atom is 0.265 e. The topological polar surface area (TPSA) is 42.8 Å². The van der Waals surface area contributed by atoms with Gasteiger partial charge in [0.2, 0.25) is 5.52 Å². The first-order chi connectivity index (χ1) is 6.13. The molecule has 68 valence electrons. The summed E-state index contributed by atoms with van der Waals surface area (Å²) in [6.45, 7) is 0. The van der Waals surface area contributed by atoms with E-state index in [0.29, 0.717) is 0 Å². The third-order valence-electron chi connectivity index (χ3n) is 1.59. The van der Waals surface area contributed by atoms with Gasteiger partial charge in [0.05, 0.1) is 17.9 Å². The maximum atomic E-state index is 4.07. The second-order valence-electron chi connectivity index (χ2n) is 2.33. The minimum absolute atomic E-state index is 0.849. The number of nitrogens with one attached hydrogen (secondary N) is 2. The molecule has 0 spiro atoms. The lowest BCUT2D eigenvalue weighted by Crippen LogP contribution is -2.02.